The van der Waals surface area contributed by atoms with Gasteiger partial charge >= 0.3 is 0 Å². The molecule has 88 valence electrons. The van der Waals surface area contributed by atoms with Crippen LogP contribution in [0.3, 0.4) is 0 Å². The van der Waals surface area contributed by atoms with Gasteiger partial charge in [-0.1, -0.05) is 32.0 Å². The van der Waals surface area contributed by atoms with Gasteiger partial charge in [0.2, 0.25) is 0 Å². The fourth-order valence-electron chi connectivity index (χ4n) is 2.27. The monoisotopic (exact) mass is 230 g/mol. The molecule has 0 heterocycles. The molecular formula is C11H22N2OS. The Balaban J connectivity index is 2.47. The minimum absolute atomic E-state index is 0.237. The number of hydrogen-bond acceptors (Lipinski definition) is 3. The van der Waals surface area contributed by atoms with E-state index in [1.165, 1.54) is 25.7 Å². The molecule has 1 saturated carbocycles. The number of aliphatic hydroxyl groups is 1. The van der Waals surface area contributed by atoms with Gasteiger partial charge < -0.3 is 10.8 Å². The summed E-state index contributed by atoms with van der Waals surface area (Å²) >= 11 is 4.97. The zero-order valence-corrected chi connectivity index (χ0v) is 10.3. The zero-order valence-electron chi connectivity index (χ0n) is 9.48. The third-order valence-corrected chi connectivity index (χ3v) is 3.19. The van der Waals surface area contributed by atoms with Crippen molar-refractivity contribution in [2.45, 2.75) is 38.6 Å². The van der Waals surface area contributed by atoms with Crippen LogP contribution in [0.4, 0.5) is 0 Å². The average molecular weight is 230 g/mol. The first-order chi connectivity index (χ1) is 7.13. The minimum Gasteiger partial charge on any atom is -0.396 e. The fraction of sp³-hybridized carbons (Fsp3) is 0.909. The first-order valence-corrected chi connectivity index (χ1v) is 6.17. The Morgan fingerprint density at radius 3 is 2.60 bits per heavy atom. The molecule has 0 aromatic carbocycles. The van der Waals surface area contributed by atoms with Gasteiger partial charge in [0.25, 0.3) is 0 Å². The van der Waals surface area contributed by atoms with Crippen LogP contribution in [0.2, 0.25) is 0 Å². The number of hydrogen-bond donors (Lipinski definition) is 2. The van der Waals surface area contributed by atoms with Crippen molar-refractivity contribution in [1.82, 2.24) is 4.90 Å². The van der Waals surface area contributed by atoms with Crippen molar-refractivity contribution >= 4 is 17.2 Å². The van der Waals surface area contributed by atoms with Gasteiger partial charge in [-0.2, -0.15) is 0 Å². The lowest BCUT2D eigenvalue weighted by Crippen LogP contribution is -2.42. The molecule has 0 radical (unpaired) electrons. The van der Waals surface area contributed by atoms with Gasteiger partial charge in [0.05, 0.1) is 4.99 Å². The lowest BCUT2D eigenvalue weighted by Gasteiger charge is -2.30. The minimum atomic E-state index is 0.237. The van der Waals surface area contributed by atoms with Gasteiger partial charge in [-0.3, -0.25) is 4.90 Å². The largest absolute Gasteiger partial charge is 0.396 e. The molecule has 0 saturated heterocycles. The van der Waals surface area contributed by atoms with Crippen LogP contribution in [-0.4, -0.2) is 40.7 Å². The molecule has 3 N–H and O–H groups in total. The van der Waals surface area contributed by atoms with Gasteiger partial charge in [0, 0.05) is 25.7 Å². The summed E-state index contributed by atoms with van der Waals surface area (Å²) in [5.41, 5.74) is 5.61. The Morgan fingerprint density at radius 1 is 1.53 bits per heavy atom. The predicted octanol–water partition coefficient (Wildman–Crippen LogP) is 1.15. The van der Waals surface area contributed by atoms with E-state index in [9.17, 15) is 0 Å². The molecule has 0 bridgehead atoms. The van der Waals surface area contributed by atoms with Crippen LogP contribution in [0.15, 0.2) is 0 Å². The Kier molecular flexibility index (Phi) is 5.50. The van der Waals surface area contributed by atoms with E-state index in [0.29, 0.717) is 23.5 Å². The Bertz CT molecular complexity index is 205. The van der Waals surface area contributed by atoms with Crippen LogP contribution in [0.5, 0.6) is 0 Å². The van der Waals surface area contributed by atoms with Crippen molar-refractivity contribution in [1.29, 1.82) is 0 Å². The Labute approximate surface area is 97.6 Å². The first-order valence-electron chi connectivity index (χ1n) is 5.76. The number of nitrogens with zero attached hydrogens (tertiary/aromatic N) is 1. The number of nitrogens with two attached hydrogens (primary N) is 1. The highest BCUT2D eigenvalue weighted by molar-refractivity contribution is 7.80. The maximum absolute atomic E-state index is 9.07. The van der Waals surface area contributed by atoms with Crippen LogP contribution in [0.1, 0.15) is 32.6 Å². The number of rotatable bonds is 6. The summed E-state index contributed by atoms with van der Waals surface area (Å²) in [5.74, 6) is 0.306. The van der Waals surface area contributed by atoms with Crippen molar-refractivity contribution in [2.24, 2.45) is 11.7 Å². The van der Waals surface area contributed by atoms with E-state index in [0.717, 1.165) is 6.54 Å². The van der Waals surface area contributed by atoms with E-state index in [4.69, 9.17) is 23.1 Å². The van der Waals surface area contributed by atoms with E-state index < -0.39 is 0 Å². The molecule has 1 unspecified atom stereocenters. The first kappa shape index (κ1) is 12.9. The molecule has 1 atom stereocenters. The molecule has 0 spiro atoms. The summed E-state index contributed by atoms with van der Waals surface area (Å²) in [7, 11) is 0. The molecular weight excluding hydrogens is 208 g/mol. The highest BCUT2D eigenvalue weighted by Crippen LogP contribution is 2.23. The normalized spacial score (nSPS) is 19.7. The van der Waals surface area contributed by atoms with Crippen molar-refractivity contribution in [2.75, 3.05) is 19.7 Å². The molecule has 1 rings (SSSR count). The predicted molar refractivity (Wildman–Crippen MR) is 66.9 cm³/mol. The Hall–Kier alpha value is -0.190. The molecule has 0 aliphatic heterocycles. The molecule has 4 heteroatoms. The fourth-order valence-corrected chi connectivity index (χ4v) is 2.44. The maximum atomic E-state index is 9.07. The van der Waals surface area contributed by atoms with Crippen LogP contribution in [0, 0.1) is 5.92 Å². The van der Waals surface area contributed by atoms with Crippen molar-refractivity contribution in [3.63, 3.8) is 0 Å². The smallest absolute Gasteiger partial charge is 0.0870 e. The van der Waals surface area contributed by atoms with E-state index >= 15 is 0 Å². The van der Waals surface area contributed by atoms with Crippen molar-refractivity contribution in [3.05, 3.63) is 0 Å². The number of aliphatic hydroxyl groups excluding tert-OH is 1. The summed E-state index contributed by atoms with van der Waals surface area (Å²) in [4.78, 5) is 2.91. The molecule has 1 aliphatic carbocycles. The molecule has 15 heavy (non-hydrogen) atoms. The molecule has 1 aliphatic rings. The second-order valence-corrected chi connectivity index (χ2v) is 5.15. The molecule has 0 aromatic rings. The molecule has 0 amide bonds. The van der Waals surface area contributed by atoms with Crippen molar-refractivity contribution in [3.8, 4) is 0 Å². The van der Waals surface area contributed by atoms with E-state index in [1.54, 1.807) is 0 Å². The quantitative estimate of drug-likeness (QED) is 0.672. The summed E-state index contributed by atoms with van der Waals surface area (Å²) < 4.78 is 0. The molecule has 1 fully saturated rings. The summed E-state index contributed by atoms with van der Waals surface area (Å²) in [6.45, 7) is 3.89. The van der Waals surface area contributed by atoms with Crippen LogP contribution >= 0.6 is 12.2 Å². The molecule has 3 nitrogen and oxygen atoms in total. The maximum Gasteiger partial charge on any atom is 0.0870 e. The van der Waals surface area contributed by atoms with Gasteiger partial charge in [0.15, 0.2) is 0 Å². The zero-order chi connectivity index (χ0) is 11.3. The van der Waals surface area contributed by atoms with E-state index in [2.05, 4.69) is 11.8 Å². The highest BCUT2D eigenvalue weighted by Gasteiger charge is 2.23. The summed E-state index contributed by atoms with van der Waals surface area (Å²) in [6.07, 6.45) is 5.12. The standard InChI is InChI=1S/C11H22N2OS/c1-9(8-14)6-13(7-11(12)15)10-4-2-3-5-10/h9-10,14H,2-8H2,1H3,(H2,12,15). The Morgan fingerprint density at radius 2 is 2.13 bits per heavy atom. The third-order valence-electron chi connectivity index (χ3n) is 3.06. The summed E-state index contributed by atoms with van der Waals surface area (Å²) in [5, 5.41) is 9.07. The van der Waals surface area contributed by atoms with E-state index in [1.807, 2.05) is 0 Å². The number of thiocarbonyl (C=S) groups is 1. The van der Waals surface area contributed by atoms with Gasteiger partial charge in [-0.15, -0.1) is 0 Å². The second-order valence-electron chi connectivity index (χ2n) is 4.62. The van der Waals surface area contributed by atoms with Gasteiger partial charge in [-0.05, 0) is 18.8 Å². The van der Waals surface area contributed by atoms with Crippen LogP contribution in [0.25, 0.3) is 0 Å². The highest BCUT2D eigenvalue weighted by atomic mass is 32.1. The second kappa shape index (κ2) is 6.40. The van der Waals surface area contributed by atoms with Crippen LogP contribution in [-0.2, 0) is 0 Å². The van der Waals surface area contributed by atoms with Gasteiger partial charge in [0.1, 0.15) is 0 Å². The van der Waals surface area contributed by atoms with Crippen LogP contribution < -0.4 is 5.73 Å². The third kappa shape index (κ3) is 4.45. The molecule has 0 aromatic heterocycles. The lowest BCUT2D eigenvalue weighted by molar-refractivity contribution is 0.153. The summed E-state index contributed by atoms with van der Waals surface area (Å²) in [6, 6.07) is 0.625. The average Bonchev–Trinajstić information content (AvgIpc) is 2.68. The van der Waals surface area contributed by atoms with E-state index in [-0.39, 0.29) is 6.61 Å². The topological polar surface area (TPSA) is 49.5 Å². The van der Waals surface area contributed by atoms with Gasteiger partial charge in [-0.25, -0.2) is 0 Å². The van der Waals surface area contributed by atoms with Crippen molar-refractivity contribution < 1.29 is 5.11 Å². The lowest BCUT2D eigenvalue weighted by atomic mass is 10.1. The SMILES string of the molecule is CC(CO)CN(CC(N)=S)C1CCCC1.